The fourth-order valence-corrected chi connectivity index (χ4v) is 2.04. The van der Waals surface area contributed by atoms with Gasteiger partial charge in [-0.2, -0.15) is 5.10 Å². The number of aryl methyl sites for hydroxylation is 2. The van der Waals surface area contributed by atoms with Gasteiger partial charge in [0.1, 0.15) is 5.75 Å². The number of hydrogen-bond donors (Lipinski definition) is 2. The minimum Gasteiger partial charge on any atom is -0.508 e. The summed E-state index contributed by atoms with van der Waals surface area (Å²) in [6.07, 6.45) is 2.05. The van der Waals surface area contributed by atoms with Crippen molar-refractivity contribution in [3.8, 4) is 5.75 Å². The van der Waals surface area contributed by atoms with Crippen molar-refractivity contribution in [2.45, 2.75) is 26.4 Å². The summed E-state index contributed by atoms with van der Waals surface area (Å²) >= 11 is 0. The van der Waals surface area contributed by atoms with Crippen LogP contribution in [0, 0.1) is 6.92 Å². The third-order valence-corrected chi connectivity index (χ3v) is 3.07. The third-order valence-electron chi connectivity index (χ3n) is 3.07. The first-order chi connectivity index (χ1) is 8.56. The Hall–Kier alpha value is -1.81. The Morgan fingerprint density at radius 3 is 2.56 bits per heavy atom. The first-order valence-corrected chi connectivity index (χ1v) is 6.07. The zero-order chi connectivity index (χ0) is 13.1. The van der Waals surface area contributed by atoms with Crippen molar-refractivity contribution >= 4 is 0 Å². The molecule has 1 heterocycles. The largest absolute Gasteiger partial charge is 0.508 e. The van der Waals surface area contributed by atoms with E-state index in [9.17, 15) is 5.11 Å². The van der Waals surface area contributed by atoms with Crippen LogP contribution in [0.2, 0.25) is 0 Å². The number of benzene rings is 1. The van der Waals surface area contributed by atoms with Crippen LogP contribution in [0.3, 0.4) is 0 Å². The first kappa shape index (κ1) is 12.6. The van der Waals surface area contributed by atoms with Crippen molar-refractivity contribution in [2.24, 2.45) is 7.05 Å². The van der Waals surface area contributed by atoms with Crippen LogP contribution in [0.5, 0.6) is 5.75 Å². The molecule has 0 fully saturated rings. The van der Waals surface area contributed by atoms with E-state index in [1.807, 2.05) is 37.0 Å². The second-order valence-corrected chi connectivity index (χ2v) is 4.61. The maximum absolute atomic E-state index is 9.22. The molecule has 18 heavy (non-hydrogen) atoms. The summed E-state index contributed by atoms with van der Waals surface area (Å²) in [5.41, 5.74) is 3.43. The average Bonchev–Trinajstić information content (AvgIpc) is 2.67. The van der Waals surface area contributed by atoms with E-state index < -0.39 is 0 Å². The lowest BCUT2D eigenvalue weighted by atomic mass is 10.1. The molecule has 2 rings (SSSR count). The van der Waals surface area contributed by atoms with Gasteiger partial charge in [0.2, 0.25) is 0 Å². The summed E-state index contributed by atoms with van der Waals surface area (Å²) in [4.78, 5) is 0. The summed E-state index contributed by atoms with van der Waals surface area (Å²) in [6.45, 7) is 4.92. The Kier molecular flexibility index (Phi) is 3.67. The van der Waals surface area contributed by atoms with E-state index in [-0.39, 0.29) is 6.04 Å². The molecule has 1 aromatic heterocycles. The fourth-order valence-electron chi connectivity index (χ4n) is 2.04. The zero-order valence-corrected chi connectivity index (χ0v) is 11.0. The Bertz CT molecular complexity index is 516. The minimum atomic E-state index is 0.257. The van der Waals surface area contributed by atoms with Crippen LogP contribution >= 0.6 is 0 Å². The van der Waals surface area contributed by atoms with Gasteiger partial charge in [-0.1, -0.05) is 12.1 Å². The molecule has 0 aliphatic rings. The van der Waals surface area contributed by atoms with Crippen LogP contribution in [0.25, 0.3) is 0 Å². The highest BCUT2D eigenvalue weighted by Gasteiger charge is 2.10. The average molecular weight is 245 g/mol. The monoisotopic (exact) mass is 245 g/mol. The van der Waals surface area contributed by atoms with E-state index in [2.05, 4.69) is 17.3 Å². The van der Waals surface area contributed by atoms with E-state index in [0.29, 0.717) is 5.75 Å². The quantitative estimate of drug-likeness (QED) is 0.869. The van der Waals surface area contributed by atoms with E-state index >= 15 is 0 Å². The molecule has 0 aliphatic carbocycles. The van der Waals surface area contributed by atoms with Crippen molar-refractivity contribution < 1.29 is 5.11 Å². The van der Waals surface area contributed by atoms with Gasteiger partial charge < -0.3 is 10.4 Å². The van der Waals surface area contributed by atoms with Gasteiger partial charge in [-0.05, 0) is 31.5 Å². The Labute approximate surface area is 107 Å². The summed E-state index contributed by atoms with van der Waals surface area (Å²) in [6, 6.07) is 7.51. The van der Waals surface area contributed by atoms with E-state index in [4.69, 9.17) is 0 Å². The molecule has 0 saturated carbocycles. The number of nitrogens with zero attached hydrogens (tertiary/aromatic N) is 2. The van der Waals surface area contributed by atoms with Crippen molar-refractivity contribution in [3.05, 3.63) is 47.3 Å². The predicted octanol–water partition coefficient (Wildman–Crippen LogP) is 2.28. The van der Waals surface area contributed by atoms with Crippen LogP contribution < -0.4 is 5.32 Å². The molecule has 0 aliphatic heterocycles. The molecule has 1 aromatic carbocycles. The lowest BCUT2D eigenvalue weighted by Gasteiger charge is -2.13. The van der Waals surface area contributed by atoms with Gasteiger partial charge in [-0.15, -0.1) is 0 Å². The van der Waals surface area contributed by atoms with Crippen LogP contribution in [-0.4, -0.2) is 14.9 Å². The molecule has 4 heteroatoms. The summed E-state index contributed by atoms with van der Waals surface area (Å²) in [7, 11) is 1.93. The minimum absolute atomic E-state index is 0.257. The summed E-state index contributed by atoms with van der Waals surface area (Å²) < 4.78 is 1.84. The summed E-state index contributed by atoms with van der Waals surface area (Å²) in [5.74, 6) is 0.301. The maximum Gasteiger partial charge on any atom is 0.115 e. The van der Waals surface area contributed by atoms with Crippen LogP contribution in [0.4, 0.5) is 0 Å². The maximum atomic E-state index is 9.22. The smallest absolute Gasteiger partial charge is 0.115 e. The zero-order valence-electron chi connectivity index (χ0n) is 11.0. The number of hydrogen-bond acceptors (Lipinski definition) is 3. The fraction of sp³-hybridized carbons (Fsp3) is 0.357. The molecule has 0 bridgehead atoms. The first-order valence-electron chi connectivity index (χ1n) is 6.07. The highest BCUT2D eigenvalue weighted by molar-refractivity contribution is 5.26. The van der Waals surface area contributed by atoms with Crippen molar-refractivity contribution in [1.29, 1.82) is 0 Å². The molecule has 96 valence electrons. The van der Waals surface area contributed by atoms with Gasteiger partial charge >= 0.3 is 0 Å². The number of rotatable bonds is 4. The van der Waals surface area contributed by atoms with Crippen molar-refractivity contribution in [2.75, 3.05) is 0 Å². The van der Waals surface area contributed by atoms with Gasteiger partial charge in [0, 0.05) is 31.4 Å². The molecule has 0 spiro atoms. The van der Waals surface area contributed by atoms with Gasteiger partial charge in [0.05, 0.1) is 5.69 Å². The van der Waals surface area contributed by atoms with Gasteiger partial charge in [-0.3, -0.25) is 4.68 Å². The number of phenols is 1. The summed E-state index contributed by atoms with van der Waals surface area (Å²) in [5, 5.41) is 17.0. The van der Waals surface area contributed by atoms with Gasteiger partial charge in [-0.25, -0.2) is 0 Å². The third kappa shape index (κ3) is 2.90. The lowest BCUT2D eigenvalue weighted by molar-refractivity contribution is 0.474. The molecule has 2 aromatic rings. The van der Waals surface area contributed by atoms with Crippen molar-refractivity contribution in [1.82, 2.24) is 15.1 Å². The van der Waals surface area contributed by atoms with E-state index in [0.717, 1.165) is 17.8 Å². The second-order valence-electron chi connectivity index (χ2n) is 4.61. The molecular weight excluding hydrogens is 226 g/mol. The number of nitrogens with one attached hydrogen (secondary N) is 1. The molecule has 0 amide bonds. The van der Waals surface area contributed by atoms with Gasteiger partial charge in [0.15, 0.2) is 0 Å². The normalized spacial score (nSPS) is 12.6. The predicted molar refractivity (Wildman–Crippen MR) is 71.3 cm³/mol. The SMILES string of the molecule is Cc1nn(C)cc1C(C)NCc1ccc(O)cc1. The van der Waals surface area contributed by atoms with Crippen LogP contribution in [0.15, 0.2) is 30.5 Å². The highest BCUT2D eigenvalue weighted by atomic mass is 16.3. The number of phenolic OH excluding ortho intramolecular Hbond substituents is 1. The molecule has 0 radical (unpaired) electrons. The number of aromatic nitrogens is 2. The molecule has 4 nitrogen and oxygen atoms in total. The standard InChI is InChI=1S/C14H19N3O/c1-10(14-9-17(3)16-11(14)2)15-8-12-4-6-13(18)7-5-12/h4-7,9-10,15,18H,8H2,1-3H3. The lowest BCUT2D eigenvalue weighted by Crippen LogP contribution is -2.18. The molecular formula is C14H19N3O. The van der Waals surface area contributed by atoms with Crippen LogP contribution in [0.1, 0.15) is 29.8 Å². The van der Waals surface area contributed by atoms with E-state index in [1.165, 1.54) is 5.56 Å². The Morgan fingerprint density at radius 2 is 2.00 bits per heavy atom. The van der Waals surface area contributed by atoms with Crippen molar-refractivity contribution in [3.63, 3.8) is 0 Å². The van der Waals surface area contributed by atoms with E-state index in [1.54, 1.807) is 12.1 Å². The van der Waals surface area contributed by atoms with Gasteiger partial charge in [0.25, 0.3) is 0 Å². The highest BCUT2D eigenvalue weighted by Crippen LogP contribution is 2.16. The topological polar surface area (TPSA) is 50.1 Å². The molecule has 1 unspecified atom stereocenters. The Morgan fingerprint density at radius 1 is 1.33 bits per heavy atom. The molecule has 2 N–H and O–H groups in total. The van der Waals surface area contributed by atoms with Crippen LogP contribution in [-0.2, 0) is 13.6 Å². The molecule has 1 atom stereocenters. The Balaban J connectivity index is 1.98. The number of aromatic hydroxyl groups is 1. The second kappa shape index (κ2) is 5.23. The molecule has 0 saturated heterocycles.